The van der Waals surface area contributed by atoms with Crippen molar-refractivity contribution in [3.8, 4) is 0 Å². The van der Waals surface area contributed by atoms with Gasteiger partial charge in [-0.25, -0.2) is 8.42 Å². The summed E-state index contributed by atoms with van der Waals surface area (Å²) < 4.78 is 26.8. The van der Waals surface area contributed by atoms with Gasteiger partial charge in [0.05, 0.1) is 12.9 Å². The number of sulfone groups is 1. The molecule has 0 unspecified atom stereocenters. The molecule has 0 aromatic heterocycles. The van der Waals surface area contributed by atoms with Crippen molar-refractivity contribution in [2.75, 3.05) is 18.6 Å². The third kappa shape index (κ3) is 7.07. The lowest BCUT2D eigenvalue weighted by molar-refractivity contribution is -0.137. The molecule has 0 aromatic carbocycles. The van der Waals surface area contributed by atoms with Gasteiger partial charge in [0.2, 0.25) is 0 Å². The molecule has 0 aliphatic rings. The van der Waals surface area contributed by atoms with Gasteiger partial charge >= 0.3 is 5.97 Å². The van der Waals surface area contributed by atoms with Crippen LogP contribution in [0.5, 0.6) is 0 Å². The van der Waals surface area contributed by atoms with Crippen molar-refractivity contribution < 1.29 is 22.7 Å². The van der Waals surface area contributed by atoms with Crippen LogP contribution in [-0.2, 0) is 24.2 Å². The molecule has 0 aliphatic carbocycles. The van der Waals surface area contributed by atoms with Crippen molar-refractivity contribution >= 4 is 21.6 Å². The van der Waals surface area contributed by atoms with Crippen LogP contribution in [0.2, 0.25) is 0 Å². The monoisotopic (exact) mass is 236 g/mol. The molecule has 0 saturated carbocycles. The van der Waals surface area contributed by atoms with Crippen molar-refractivity contribution in [2.45, 2.75) is 26.2 Å². The van der Waals surface area contributed by atoms with Gasteiger partial charge in [-0.2, -0.15) is 0 Å². The summed E-state index contributed by atoms with van der Waals surface area (Å²) in [6.07, 6.45) is 0.931. The van der Waals surface area contributed by atoms with Crippen molar-refractivity contribution in [3.63, 3.8) is 0 Å². The summed E-state index contributed by atoms with van der Waals surface area (Å²) in [5.74, 6) is -1.49. The first-order valence-electron chi connectivity index (χ1n) is 4.70. The SMILES string of the molecule is CCC(=O)CCCS(=O)(=O)CC(=O)OC. The number of rotatable bonds is 7. The van der Waals surface area contributed by atoms with Crippen LogP contribution < -0.4 is 0 Å². The molecule has 0 aliphatic heterocycles. The van der Waals surface area contributed by atoms with Crippen molar-refractivity contribution in [1.82, 2.24) is 0 Å². The van der Waals surface area contributed by atoms with Gasteiger partial charge in [0.25, 0.3) is 0 Å². The van der Waals surface area contributed by atoms with E-state index in [0.29, 0.717) is 6.42 Å². The van der Waals surface area contributed by atoms with E-state index in [1.807, 2.05) is 0 Å². The fourth-order valence-corrected chi connectivity index (χ4v) is 2.18. The second-order valence-corrected chi connectivity index (χ2v) is 5.35. The summed E-state index contributed by atoms with van der Waals surface area (Å²) in [4.78, 5) is 21.6. The zero-order valence-electron chi connectivity index (χ0n) is 8.99. The minimum absolute atomic E-state index is 0.0308. The third-order valence-corrected chi connectivity index (χ3v) is 3.46. The van der Waals surface area contributed by atoms with Crippen LogP contribution in [0.1, 0.15) is 26.2 Å². The molecule has 0 rings (SSSR count). The molecule has 0 saturated heterocycles. The molecule has 0 amide bonds. The minimum atomic E-state index is -3.42. The van der Waals surface area contributed by atoms with Crippen LogP contribution >= 0.6 is 0 Å². The fourth-order valence-electron chi connectivity index (χ4n) is 0.977. The predicted octanol–water partition coefficient (Wildman–Crippen LogP) is 0.333. The number of hydrogen-bond donors (Lipinski definition) is 0. The van der Waals surface area contributed by atoms with Gasteiger partial charge < -0.3 is 4.74 Å². The highest BCUT2D eigenvalue weighted by atomic mass is 32.2. The van der Waals surface area contributed by atoms with Crippen LogP contribution in [-0.4, -0.2) is 38.8 Å². The average Bonchev–Trinajstić information content (AvgIpc) is 2.16. The lowest BCUT2D eigenvalue weighted by Crippen LogP contribution is -2.20. The van der Waals surface area contributed by atoms with Crippen LogP contribution in [0.3, 0.4) is 0 Å². The second-order valence-electron chi connectivity index (χ2n) is 3.16. The number of methoxy groups -OCH3 is 1. The Kier molecular flexibility index (Phi) is 6.15. The largest absolute Gasteiger partial charge is 0.468 e. The van der Waals surface area contributed by atoms with Gasteiger partial charge in [-0.15, -0.1) is 0 Å². The molecule has 5 nitrogen and oxygen atoms in total. The van der Waals surface area contributed by atoms with Crippen molar-refractivity contribution in [1.29, 1.82) is 0 Å². The van der Waals surface area contributed by atoms with Crippen LogP contribution in [0.15, 0.2) is 0 Å². The number of carbonyl (C=O) groups is 2. The Bertz CT molecular complexity index is 317. The number of Topliss-reactive ketones (excluding diaryl/α,β-unsaturated/α-hetero) is 1. The molecule has 0 heterocycles. The van der Waals surface area contributed by atoms with Crippen molar-refractivity contribution in [2.24, 2.45) is 0 Å². The van der Waals surface area contributed by atoms with Crippen LogP contribution in [0.4, 0.5) is 0 Å². The first-order chi connectivity index (χ1) is 6.91. The van der Waals surface area contributed by atoms with Gasteiger partial charge in [0.1, 0.15) is 11.5 Å². The zero-order valence-corrected chi connectivity index (χ0v) is 9.80. The van der Waals surface area contributed by atoms with Gasteiger partial charge in [-0.05, 0) is 6.42 Å². The van der Waals surface area contributed by atoms with Crippen LogP contribution in [0.25, 0.3) is 0 Å². The number of ketones is 1. The van der Waals surface area contributed by atoms with E-state index in [2.05, 4.69) is 4.74 Å². The minimum Gasteiger partial charge on any atom is -0.468 e. The van der Waals surface area contributed by atoms with E-state index in [1.54, 1.807) is 6.92 Å². The average molecular weight is 236 g/mol. The number of carbonyl (C=O) groups excluding carboxylic acids is 2. The Morgan fingerprint density at radius 1 is 1.27 bits per heavy atom. The smallest absolute Gasteiger partial charge is 0.320 e. The lowest BCUT2D eigenvalue weighted by atomic mass is 10.2. The van der Waals surface area contributed by atoms with Crippen LogP contribution in [0, 0.1) is 0 Å². The Labute approximate surface area is 89.7 Å². The van der Waals surface area contributed by atoms with Gasteiger partial charge in [-0.1, -0.05) is 6.92 Å². The molecule has 0 radical (unpaired) electrons. The fraction of sp³-hybridized carbons (Fsp3) is 0.778. The van der Waals surface area contributed by atoms with Gasteiger partial charge in [-0.3, -0.25) is 9.59 Å². The normalized spacial score (nSPS) is 11.1. The van der Waals surface area contributed by atoms with Crippen molar-refractivity contribution in [3.05, 3.63) is 0 Å². The number of esters is 1. The topological polar surface area (TPSA) is 77.5 Å². The lowest BCUT2D eigenvalue weighted by Gasteiger charge is -2.02. The molecule has 0 aromatic rings. The summed E-state index contributed by atoms with van der Waals surface area (Å²) in [5, 5.41) is 0. The molecule has 0 fully saturated rings. The first-order valence-corrected chi connectivity index (χ1v) is 6.52. The molecule has 88 valence electrons. The highest BCUT2D eigenvalue weighted by Crippen LogP contribution is 2.00. The molecule has 0 N–H and O–H groups in total. The quantitative estimate of drug-likeness (QED) is 0.595. The summed E-state index contributed by atoms with van der Waals surface area (Å²) >= 11 is 0. The summed E-state index contributed by atoms with van der Waals surface area (Å²) in [6.45, 7) is 1.73. The van der Waals surface area contributed by atoms with E-state index >= 15 is 0 Å². The van der Waals surface area contributed by atoms with E-state index in [1.165, 1.54) is 0 Å². The Morgan fingerprint density at radius 2 is 1.87 bits per heavy atom. The van der Waals surface area contributed by atoms with E-state index in [4.69, 9.17) is 0 Å². The first kappa shape index (κ1) is 14.1. The maximum atomic E-state index is 11.3. The van der Waals surface area contributed by atoms with Gasteiger partial charge in [0, 0.05) is 12.8 Å². The molecule has 0 bridgehead atoms. The Balaban J connectivity index is 3.95. The molecule has 0 atom stereocenters. The van der Waals surface area contributed by atoms with E-state index in [0.717, 1.165) is 7.11 Å². The Hall–Kier alpha value is -0.910. The zero-order chi connectivity index (χ0) is 11.9. The summed E-state index contributed by atoms with van der Waals surface area (Å²) in [6, 6.07) is 0. The van der Waals surface area contributed by atoms with E-state index in [9.17, 15) is 18.0 Å². The highest BCUT2D eigenvalue weighted by molar-refractivity contribution is 7.92. The molecular weight excluding hydrogens is 220 g/mol. The molecule has 15 heavy (non-hydrogen) atoms. The maximum absolute atomic E-state index is 11.3. The highest BCUT2D eigenvalue weighted by Gasteiger charge is 2.16. The standard InChI is InChI=1S/C9H16O5S/c1-3-8(10)5-4-6-15(12,13)7-9(11)14-2/h3-7H2,1-2H3. The Morgan fingerprint density at radius 3 is 2.33 bits per heavy atom. The summed E-state index contributed by atoms with van der Waals surface area (Å²) in [7, 11) is -2.29. The third-order valence-electron chi connectivity index (χ3n) is 1.87. The second kappa shape index (κ2) is 6.55. The van der Waals surface area contributed by atoms with Gasteiger partial charge in [0.15, 0.2) is 9.84 Å². The molecule has 0 spiro atoms. The maximum Gasteiger partial charge on any atom is 0.320 e. The predicted molar refractivity (Wildman–Crippen MR) is 55.2 cm³/mol. The number of hydrogen-bond acceptors (Lipinski definition) is 5. The summed E-state index contributed by atoms with van der Waals surface area (Å²) in [5.41, 5.74) is 0. The molecular formula is C9H16O5S. The van der Waals surface area contributed by atoms with E-state index < -0.39 is 21.6 Å². The molecule has 6 heteroatoms. The van der Waals surface area contributed by atoms with E-state index in [-0.39, 0.29) is 24.4 Å². The number of ether oxygens (including phenoxy) is 1.